The zero-order chi connectivity index (χ0) is 15.6. The van der Waals surface area contributed by atoms with Gasteiger partial charge in [-0.2, -0.15) is 10.5 Å². The van der Waals surface area contributed by atoms with Crippen molar-refractivity contribution in [2.45, 2.75) is 12.5 Å². The van der Waals surface area contributed by atoms with Crippen LogP contribution in [0, 0.1) is 0 Å². The summed E-state index contributed by atoms with van der Waals surface area (Å²) in [5.41, 5.74) is 0.103. The van der Waals surface area contributed by atoms with E-state index in [1.54, 1.807) is 0 Å². The topological polar surface area (TPSA) is 130 Å². The minimum atomic E-state index is -1.75. The van der Waals surface area contributed by atoms with Crippen molar-refractivity contribution < 1.29 is 39.5 Å². The van der Waals surface area contributed by atoms with Gasteiger partial charge in [0.2, 0.25) is 0 Å². The van der Waals surface area contributed by atoms with Crippen LogP contribution in [0.3, 0.4) is 0 Å². The van der Waals surface area contributed by atoms with Crippen LogP contribution in [0.25, 0.3) is 0 Å². The van der Waals surface area contributed by atoms with Gasteiger partial charge in [0, 0.05) is 0 Å². The van der Waals surface area contributed by atoms with Gasteiger partial charge in [-0.3, -0.25) is 19.4 Å². The highest BCUT2D eigenvalue weighted by atomic mass is 17.1. The van der Waals surface area contributed by atoms with E-state index in [4.69, 9.17) is 10.5 Å². The molecule has 0 fully saturated rings. The number of carbonyl (C=O) groups is 4. The lowest BCUT2D eigenvalue weighted by molar-refractivity contribution is -0.244. The van der Waals surface area contributed by atoms with Crippen LogP contribution < -0.4 is 0 Å². The number of rotatable bonds is 4. The van der Waals surface area contributed by atoms with E-state index in [1.807, 2.05) is 0 Å². The molecule has 1 aromatic carbocycles. The molecule has 2 rings (SSSR count). The largest absolute Gasteiger partial charge is 0.365 e. The van der Waals surface area contributed by atoms with Crippen molar-refractivity contribution in [3.8, 4) is 0 Å². The number of fused-ring (bicyclic) bond motifs is 1. The first kappa shape index (κ1) is 14.6. The van der Waals surface area contributed by atoms with Gasteiger partial charge in [-0.05, 0) is 12.1 Å². The van der Waals surface area contributed by atoms with E-state index < -0.39 is 36.2 Å². The molecule has 1 atom stereocenters. The zero-order valence-corrected chi connectivity index (χ0v) is 10.4. The molecule has 1 aromatic rings. The second kappa shape index (κ2) is 5.69. The van der Waals surface area contributed by atoms with Gasteiger partial charge in [-0.15, -0.1) is 0 Å². The Balaban J connectivity index is 2.38. The second-order valence-electron chi connectivity index (χ2n) is 4.12. The van der Waals surface area contributed by atoms with Crippen LogP contribution in [0.5, 0.6) is 0 Å². The third-order valence-corrected chi connectivity index (χ3v) is 2.96. The number of imide groups is 1. The molecule has 9 heteroatoms. The highest BCUT2D eigenvalue weighted by Crippen LogP contribution is 2.26. The molecule has 1 unspecified atom stereocenters. The first-order valence-corrected chi connectivity index (χ1v) is 5.67. The summed E-state index contributed by atoms with van der Waals surface area (Å²) >= 11 is 0. The fourth-order valence-corrected chi connectivity index (χ4v) is 2.03. The Bertz CT molecular complexity index is 590. The summed E-state index contributed by atoms with van der Waals surface area (Å²) in [6.07, 6.45) is -0.860. The van der Waals surface area contributed by atoms with Gasteiger partial charge in [0.05, 0.1) is 17.5 Å². The predicted molar refractivity (Wildman–Crippen MR) is 62.8 cm³/mol. The third kappa shape index (κ3) is 2.47. The van der Waals surface area contributed by atoms with Gasteiger partial charge < -0.3 is 4.89 Å². The van der Waals surface area contributed by atoms with Crippen molar-refractivity contribution in [3.05, 3.63) is 35.4 Å². The molecule has 0 spiro atoms. The van der Waals surface area contributed by atoms with Gasteiger partial charge in [0.25, 0.3) is 11.8 Å². The molecule has 0 aliphatic carbocycles. The molecule has 1 aliphatic rings. The smallest absolute Gasteiger partial charge is 0.301 e. The van der Waals surface area contributed by atoms with E-state index in [0.29, 0.717) is 4.90 Å². The zero-order valence-electron chi connectivity index (χ0n) is 10.4. The number of benzene rings is 1. The van der Waals surface area contributed by atoms with Crippen molar-refractivity contribution in [1.82, 2.24) is 4.90 Å². The Morgan fingerprint density at radius 2 is 1.57 bits per heavy atom. The molecule has 9 nitrogen and oxygen atoms in total. The Labute approximate surface area is 117 Å². The molecule has 0 bridgehead atoms. The Kier molecular flexibility index (Phi) is 3.96. The van der Waals surface area contributed by atoms with Gasteiger partial charge in [0.1, 0.15) is 0 Å². The lowest BCUT2D eigenvalue weighted by Gasteiger charge is -2.21. The van der Waals surface area contributed by atoms with E-state index in [0.717, 1.165) is 0 Å². The molecule has 1 heterocycles. The average molecular weight is 295 g/mol. The van der Waals surface area contributed by atoms with Crippen LogP contribution in [-0.4, -0.2) is 45.2 Å². The maximum Gasteiger partial charge on any atom is 0.365 e. The summed E-state index contributed by atoms with van der Waals surface area (Å²) in [6.45, 7) is 0. The van der Waals surface area contributed by atoms with Crippen LogP contribution in [0.1, 0.15) is 27.1 Å². The van der Waals surface area contributed by atoms with E-state index in [9.17, 15) is 19.2 Å². The first-order chi connectivity index (χ1) is 10.0. The van der Waals surface area contributed by atoms with Gasteiger partial charge >= 0.3 is 11.9 Å². The highest BCUT2D eigenvalue weighted by molar-refractivity contribution is 6.22. The Morgan fingerprint density at radius 3 is 2.00 bits per heavy atom. The molecule has 0 aromatic heterocycles. The summed E-state index contributed by atoms with van der Waals surface area (Å²) in [4.78, 5) is 54.2. The number of amides is 2. The fraction of sp³-hybridized carbons (Fsp3) is 0.167. The summed E-state index contributed by atoms with van der Waals surface area (Å²) in [5, 5.41) is 16.7. The van der Waals surface area contributed by atoms with Gasteiger partial charge in [0.15, 0.2) is 6.04 Å². The molecule has 2 amide bonds. The van der Waals surface area contributed by atoms with Crippen molar-refractivity contribution in [2.75, 3.05) is 0 Å². The van der Waals surface area contributed by atoms with Crippen LogP contribution in [0.4, 0.5) is 0 Å². The minimum absolute atomic E-state index is 0.0515. The van der Waals surface area contributed by atoms with Gasteiger partial charge in [-0.25, -0.2) is 9.59 Å². The molecular weight excluding hydrogens is 286 g/mol. The summed E-state index contributed by atoms with van der Waals surface area (Å²) in [6, 6.07) is 4.05. The maximum atomic E-state index is 12.1. The Hall–Kier alpha value is -2.78. The summed E-state index contributed by atoms with van der Waals surface area (Å²) in [7, 11) is 0. The molecular formula is C12H9NO8. The third-order valence-electron chi connectivity index (χ3n) is 2.96. The number of carbonyl (C=O) groups excluding carboxylic acids is 4. The lowest BCUT2D eigenvalue weighted by Crippen LogP contribution is -2.46. The molecule has 21 heavy (non-hydrogen) atoms. The van der Waals surface area contributed by atoms with Crippen molar-refractivity contribution in [1.29, 1.82) is 0 Å². The van der Waals surface area contributed by atoms with E-state index in [2.05, 4.69) is 9.78 Å². The second-order valence-corrected chi connectivity index (χ2v) is 4.12. The Morgan fingerprint density at radius 1 is 1.05 bits per heavy atom. The van der Waals surface area contributed by atoms with Crippen LogP contribution in [0.2, 0.25) is 0 Å². The van der Waals surface area contributed by atoms with Crippen LogP contribution >= 0.6 is 0 Å². The van der Waals surface area contributed by atoms with Crippen molar-refractivity contribution in [2.24, 2.45) is 0 Å². The monoisotopic (exact) mass is 295 g/mol. The van der Waals surface area contributed by atoms with Crippen molar-refractivity contribution in [3.63, 3.8) is 0 Å². The molecule has 0 saturated carbocycles. The van der Waals surface area contributed by atoms with E-state index >= 15 is 0 Å². The molecule has 1 aliphatic heterocycles. The first-order valence-electron chi connectivity index (χ1n) is 5.67. The summed E-state index contributed by atoms with van der Waals surface area (Å²) < 4.78 is 0. The molecule has 0 radical (unpaired) electrons. The fourth-order valence-electron chi connectivity index (χ4n) is 2.03. The normalized spacial score (nSPS) is 14.7. The van der Waals surface area contributed by atoms with Crippen molar-refractivity contribution >= 4 is 23.8 Å². The maximum absolute atomic E-state index is 12.1. The molecule has 0 saturated heterocycles. The standard InChI is InChI=1S/C12H9NO8/c14-9(20-18)5-8(12(17)21-19)13-10(15)6-3-1-2-4-7(6)11(13)16/h1-4,8,18-19H,5H2. The molecule has 110 valence electrons. The minimum Gasteiger partial charge on any atom is -0.301 e. The van der Waals surface area contributed by atoms with Crippen LogP contribution in [-0.2, 0) is 19.4 Å². The SMILES string of the molecule is O=C(CC(C(=O)OO)N1C(=O)c2ccccc2C1=O)OO. The quantitative estimate of drug-likeness (QED) is 0.453. The molecule has 2 N–H and O–H groups in total. The summed E-state index contributed by atoms with van der Waals surface area (Å²) in [5.74, 6) is -4.33. The number of hydrogen-bond acceptors (Lipinski definition) is 8. The lowest BCUT2D eigenvalue weighted by atomic mass is 10.1. The number of hydrogen-bond donors (Lipinski definition) is 2. The van der Waals surface area contributed by atoms with E-state index in [1.165, 1.54) is 24.3 Å². The number of nitrogens with zero attached hydrogens (tertiary/aromatic N) is 1. The van der Waals surface area contributed by atoms with Crippen LogP contribution in [0.15, 0.2) is 24.3 Å². The predicted octanol–water partition coefficient (Wildman–Crippen LogP) is 0.0737. The highest BCUT2D eigenvalue weighted by Gasteiger charge is 2.44. The average Bonchev–Trinajstić information content (AvgIpc) is 2.76. The van der Waals surface area contributed by atoms with E-state index in [-0.39, 0.29) is 11.1 Å². The van der Waals surface area contributed by atoms with Gasteiger partial charge in [-0.1, -0.05) is 12.1 Å².